The third kappa shape index (κ3) is 4.35. The second kappa shape index (κ2) is 5.76. The first kappa shape index (κ1) is 15.1. The molecule has 0 unspecified atom stereocenters. The Labute approximate surface area is 110 Å². The SMILES string of the molecule is Cc1cc(B(O)O)cc(C)c1NCCC(C)(C)C. The van der Waals surface area contributed by atoms with Crippen molar-refractivity contribution in [3.05, 3.63) is 23.3 Å². The third-order valence-corrected chi connectivity index (χ3v) is 3.03. The van der Waals surface area contributed by atoms with Crippen molar-refractivity contribution in [2.45, 2.75) is 41.0 Å². The van der Waals surface area contributed by atoms with Crippen LogP contribution in [-0.2, 0) is 0 Å². The van der Waals surface area contributed by atoms with Crippen molar-refractivity contribution in [2.24, 2.45) is 5.41 Å². The summed E-state index contributed by atoms with van der Waals surface area (Å²) in [6.45, 7) is 11.6. The van der Waals surface area contributed by atoms with Gasteiger partial charge < -0.3 is 15.4 Å². The minimum Gasteiger partial charge on any atom is -0.423 e. The highest BCUT2D eigenvalue weighted by atomic mass is 16.4. The van der Waals surface area contributed by atoms with Crippen molar-refractivity contribution in [3.63, 3.8) is 0 Å². The summed E-state index contributed by atoms with van der Waals surface area (Å²) in [6, 6.07) is 3.63. The molecule has 1 aromatic rings. The molecule has 0 bridgehead atoms. The zero-order valence-corrected chi connectivity index (χ0v) is 12.0. The van der Waals surface area contributed by atoms with Crippen molar-refractivity contribution in [3.8, 4) is 0 Å². The molecule has 0 saturated carbocycles. The van der Waals surface area contributed by atoms with Crippen molar-refractivity contribution in [2.75, 3.05) is 11.9 Å². The summed E-state index contributed by atoms with van der Waals surface area (Å²) in [7, 11) is -1.40. The molecule has 0 atom stereocenters. The van der Waals surface area contributed by atoms with Crippen molar-refractivity contribution in [1.29, 1.82) is 0 Å². The van der Waals surface area contributed by atoms with Crippen LogP contribution < -0.4 is 10.8 Å². The van der Waals surface area contributed by atoms with Gasteiger partial charge >= 0.3 is 7.12 Å². The minimum atomic E-state index is -1.40. The predicted molar refractivity (Wildman–Crippen MR) is 78.3 cm³/mol. The lowest BCUT2D eigenvalue weighted by atomic mass is 9.78. The largest absolute Gasteiger partial charge is 0.488 e. The Morgan fingerprint density at radius 2 is 1.61 bits per heavy atom. The Bertz CT molecular complexity index is 388. The van der Waals surface area contributed by atoms with Crippen LogP contribution in [0, 0.1) is 19.3 Å². The molecule has 0 fully saturated rings. The van der Waals surface area contributed by atoms with Crippen LogP contribution in [0.25, 0.3) is 0 Å². The van der Waals surface area contributed by atoms with Gasteiger partial charge in [0.1, 0.15) is 0 Å². The van der Waals surface area contributed by atoms with Gasteiger partial charge in [-0.1, -0.05) is 32.9 Å². The van der Waals surface area contributed by atoms with E-state index in [-0.39, 0.29) is 0 Å². The van der Waals surface area contributed by atoms with E-state index in [1.807, 2.05) is 26.0 Å². The summed E-state index contributed by atoms with van der Waals surface area (Å²) in [4.78, 5) is 0. The van der Waals surface area contributed by atoms with Crippen LogP contribution in [0.3, 0.4) is 0 Å². The number of anilines is 1. The maximum Gasteiger partial charge on any atom is 0.488 e. The van der Waals surface area contributed by atoms with Crippen LogP contribution in [0.15, 0.2) is 12.1 Å². The molecule has 0 heterocycles. The first-order valence-corrected chi connectivity index (χ1v) is 6.42. The molecule has 0 spiro atoms. The van der Waals surface area contributed by atoms with E-state index in [1.54, 1.807) is 0 Å². The molecule has 1 rings (SSSR count). The first-order chi connectivity index (χ1) is 8.20. The maximum absolute atomic E-state index is 9.18. The first-order valence-electron chi connectivity index (χ1n) is 6.42. The molecule has 1 aromatic carbocycles. The highest BCUT2D eigenvalue weighted by Gasteiger charge is 2.15. The van der Waals surface area contributed by atoms with Crippen LogP contribution >= 0.6 is 0 Å². The van der Waals surface area contributed by atoms with Gasteiger partial charge in [-0.05, 0) is 42.3 Å². The fourth-order valence-corrected chi connectivity index (χ4v) is 1.99. The van der Waals surface area contributed by atoms with E-state index in [2.05, 4.69) is 26.1 Å². The Morgan fingerprint density at radius 3 is 2.00 bits per heavy atom. The van der Waals surface area contributed by atoms with Gasteiger partial charge in [0.25, 0.3) is 0 Å². The molecule has 3 nitrogen and oxygen atoms in total. The summed E-state index contributed by atoms with van der Waals surface area (Å²) in [5.74, 6) is 0. The van der Waals surface area contributed by atoms with Crippen molar-refractivity contribution in [1.82, 2.24) is 0 Å². The van der Waals surface area contributed by atoms with Gasteiger partial charge in [-0.25, -0.2) is 0 Å². The molecule has 0 aliphatic heterocycles. The Balaban J connectivity index is 2.78. The highest BCUT2D eigenvalue weighted by Crippen LogP contribution is 2.22. The zero-order chi connectivity index (χ0) is 13.9. The van der Waals surface area contributed by atoms with Crippen molar-refractivity contribution < 1.29 is 10.0 Å². The van der Waals surface area contributed by atoms with Gasteiger partial charge in [0.15, 0.2) is 0 Å². The summed E-state index contributed by atoms with van der Waals surface area (Å²) in [6.07, 6.45) is 1.09. The Hall–Kier alpha value is -0.995. The molecule has 4 heteroatoms. The van der Waals surface area contributed by atoms with E-state index < -0.39 is 7.12 Å². The molecule has 18 heavy (non-hydrogen) atoms. The summed E-state index contributed by atoms with van der Waals surface area (Å²) >= 11 is 0. The minimum absolute atomic E-state index is 0.316. The standard InChI is InChI=1S/C14H24BNO2/c1-10-8-12(15(17)18)9-11(2)13(10)16-7-6-14(3,4)5/h8-9,16-18H,6-7H2,1-5H3. The molecule has 3 N–H and O–H groups in total. The van der Waals surface area contributed by atoms with Gasteiger partial charge in [-0.15, -0.1) is 0 Å². The number of rotatable bonds is 4. The summed E-state index contributed by atoms with van der Waals surface area (Å²) in [5, 5.41) is 21.8. The van der Waals surface area contributed by atoms with Crippen LogP contribution in [0.1, 0.15) is 38.3 Å². The molecule has 0 aliphatic rings. The third-order valence-electron chi connectivity index (χ3n) is 3.03. The second-order valence-corrected chi connectivity index (χ2v) is 6.14. The Morgan fingerprint density at radius 1 is 1.11 bits per heavy atom. The van der Waals surface area contributed by atoms with E-state index in [4.69, 9.17) is 0 Å². The van der Waals surface area contributed by atoms with E-state index in [0.717, 1.165) is 29.8 Å². The van der Waals surface area contributed by atoms with E-state index in [1.165, 1.54) is 0 Å². The van der Waals surface area contributed by atoms with Crippen molar-refractivity contribution >= 4 is 18.3 Å². The van der Waals surface area contributed by atoms with Crippen LogP contribution in [-0.4, -0.2) is 23.7 Å². The lowest BCUT2D eigenvalue weighted by molar-refractivity contribution is 0.389. The lowest BCUT2D eigenvalue weighted by Crippen LogP contribution is -2.30. The van der Waals surface area contributed by atoms with E-state index >= 15 is 0 Å². The number of aryl methyl sites for hydroxylation is 2. The van der Waals surface area contributed by atoms with Gasteiger partial charge in [0, 0.05) is 12.2 Å². The van der Waals surface area contributed by atoms with Crippen LogP contribution in [0.5, 0.6) is 0 Å². The smallest absolute Gasteiger partial charge is 0.423 e. The fourth-order valence-electron chi connectivity index (χ4n) is 1.99. The normalized spacial score (nSPS) is 11.5. The zero-order valence-electron chi connectivity index (χ0n) is 12.0. The number of hydrogen-bond acceptors (Lipinski definition) is 3. The summed E-state index contributed by atoms with van der Waals surface area (Å²) in [5.41, 5.74) is 4.06. The van der Waals surface area contributed by atoms with E-state index in [0.29, 0.717) is 10.9 Å². The van der Waals surface area contributed by atoms with Gasteiger partial charge in [-0.2, -0.15) is 0 Å². The summed E-state index contributed by atoms with van der Waals surface area (Å²) < 4.78 is 0. The van der Waals surface area contributed by atoms with Gasteiger partial charge in [0.05, 0.1) is 0 Å². The average Bonchev–Trinajstić information content (AvgIpc) is 2.20. The monoisotopic (exact) mass is 249 g/mol. The number of benzene rings is 1. The quantitative estimate of drug-likeness (QED) is 0.713. The molecule has 0 radical (unpaired) electrons. The molecular formula is C14H24BNO2. The molecule has 100 valence electrons. The lowest BCUT2D eigenvalue weighted by Gasteiger charge is -2.20. The fraction of sp³-hybridized carbons (Fsp3) is 0.571. The van der Waals surface area contributed by atoms with Gasteiger partial charge in [0.2, 0.25) is 0 Å². The molecule has 0 amide bonds. The predicted octanol–water partition coefficient (Wildman–Crippen LogP) is 1.83. The highest BCUT2D eigenvalue weighted by molar-refractivity contribution is 6.58. The molecular weight excluding hydrogens is 225 g/mol. The number of hydrogen-bond donors (Lipinski definition) is 3. The van der Waals surface area contributed by atoms with Gasteiger partial charge in [-0.3, -0.25) is 0 Å². The topological polar surface area (TPSA) is 52.5 Å². The van der Waals surface area contributed by atoms with Crippen LogP contribution in [0.2, 0.25) is 0 Å². The molecule has 0 aromatic heterocycles. The van der Waals surface area contributed by atoms with Crippen LogP contribution in [0.4, 0.5) is 5.69 Å². The Kier molecular flexibility index (Phi) is 4.82. The number of nitrogens with one attached hydrogen (secondary N) is 1. The maximum atomic E-state index is 9.18. The molecule has 0 aliphatic carbocycles. The van der Waals surface area contributed by atoms with E-state index in [9.17, 15) is 10.0 Å². The second-order valence-electron chi connectivity index (χ2n) is 6.14. The average molecular weight is 249 g/mol. The molecule has 0 saturated heterocycles.